The molecule has 1 aliphatic rings. The van der Waals surface area contributed by atoms with Gasteiger partial charge in [0.25, 0.3) is 0 Å². The van der Waals surface area contributed by atoms with Gasteiger partial charge in [0.05, 0.1) is 4.90 Å². The Labute approximate surface area is 128 Å². The van der Waals surface area contributed by atoms with E-state index in [1.165, 1.54) is 0 Å². The molecule has 1 N–H and O–H groups in total. The molecule has 0 radical (unpaired) electrons. The minimum absolute atomic E-state index is 0.0751. The van der Waals surface area contributed by atoms with Crippen molar-refractivity contribution in [3.05, 3.63) is 29.3 Å². The molecule has 2 atom stereocenters. The molecule has 1 saturated heterocycles. The number of nitrogens with one attached hydrogen (secondary N) is 1. The minimum Gasteiger partial charge on any atom is -0.316 e. The van der Waals surface area contributed by atoms with E-state index in [2.05, 4.69) is 5.32 Å². The van der Waals surface area contributed by atoms with Gasteiger partial charge in [-0.05, 0) is 57.9 Å². The Morgan fingerprint density at radius 2 is 1.86 bits per heavy atom. The van der Waals surface area contributed by atoms with E-state index in [-0.39, 0.29) is 12.1 Å². The smallest absolute Gasteiger partial charge is 0.243 e. The van der Waals surface area contributed by atoms with Crippen LogP contribution in [0, 0.1) is 6.92 Å². The van der Waals surface area contributed by atoms with Crippen molar-refractivity contribution in [2.75, 3.05) is 7.05 Å². The molecule has 1 aromatic rings. The number of sulfonamides is 1. The lowest BCUT2D eigenvalue weighted by Gasteiger charge is -2.38. The molecule has 0 aliphatic carbocycles. The molecular weight excluding hydrogens is 284 g/mol. The minimum atomic E-state index is -3.43. The second kappa shape index (κ2) is 6.46. The van der Waals surface area contributed by atoms with Gasteiger partial charge in [-0.2, -0.15) is 4.31 Å². The van der Waals surface area contributed by atoms with Crippen LogP contribution < -0.4 is 5.32 Å². The van der Waals surface area contributed by atoms with Crippen LogP contribution in [0.1, 0.15) is 44.2 Å². The van der Waals surface area contributed by atoms with E-state index in [1.807, 2.05) is 46.0 Å². The molecule has 118 valence electrons. The summed E-state index contributed by atoms with van der Waals surface area (Å²) in [6.07, 6.45) is 2.99. The van der Waals surface area contributed by atoms with Crippen molar-refractivity contribution in [2.24, 2.45) is 0 Å². The summed E-state index contributed by atoms with van der Waals surface area (Å²) >= 11 is 0. The Balaban J connectivity index is 2.45. The quantitative estimate of drug-likeness (QED) is 0.930. The van der Waals surface area contributed by atoms with Gasteiger partial charge in [-0.25, -0.2) is 8.42 Å². The number of aryl methyl sites for hydroxylation is 1. The molecular formula is C16H26N2O2S. The zero-order valence-corrected chi connectivity index (χ0v) is 14.2. The summed E-state index contributed by atoms with van der Waals surface area (Å²) in [5.74, 6) is 0. The van der Waals surface area contributed by atoms with E-state index in [0.29, 0.717) is 11.4 Å². The number of piperidine rings is 1. The van der Waals surface area contributed by atoms with E-state index >= 15 is 0 Å². The third-order valence-corrected chi connectivity index (χ3v) is 6.57. The lowest BCUT2D eigenvalue weighted by Crippen LogP contribution is -2.47. The first-order valence-electron chi connectivity index (χ1n) is 7.65. The van der Waals surface area contributed by atoms with Crippen molar-refractivity contribution in [1.29, 1.82) is 0 Å². The maximum Gasteiger partial charge on any atom is 0.243 e. The third kappa shape index (κ3) is 3.30. The summed E-state index contributed by atoms with van der Waals surface area (Å²) in [6.45, 7) is 6.57. The summed E-state index contributed by atoms with van der Waals surface area (Å²) in [6, 6.07) is 5.85. The first-order valence-corrected chi connectivity index (χ1v) is 9.09. The molecule has 0 bridgehead atoms. The van der Waals surface area contributed by atoms with Gasteiger partial charge in [-0.3, -0.25) is 0 Å². The normalized spacial score (nSPS) is 24.2. The Morgan fingerprint density at radius 3 is 2.43 bits per heavy atom. The van der Waals surface area contributed by atoms with Gasteiger partial charge in [-0.1, -0.05) is 18.6 Å². The number of hydrogen-bond acceptors (Lipinski definition) is 3. The zero-order chi connectivity index (χ0) is 15.6. The van der Waals surface area contributed by atoms with Crippen LogP contribution in [0.15, 0.2) is 23.1 Å². The largest absolute Gasteiger partial charge is 0.316 e. The van der Waals surface area contributed by atoms with Gasteiger partial charge in [0, 0.05) is 18.6 Å². The molecule has 1 aromatic carbocycles. The van der Waals surface area contributed by atoms with Crippen LogP contribution in [0.3, 0.4) is 0 Å². The molecule has 0 spiro atoms. The van der Waals surface area contributed by atoms with Crippen LogP contribution in [-0.4, -0.2) is 31.9 Å². The molecule has 0 saturated carbocycles. The Kier molecular flexibility index (Phi) is 5.07. The highest BCUT2D eigenvalue weighted by atomic mass is 32.2. The van der Waals surface area contributed by atoms with Crippen LogP contribution in [0.25, 0.3) is 0 Å². The van der Waals surface area contributed by atoms with Crippen LogP contribution >= 0.6 is 0 Å². The van der Waals surface area contributed by atoms with E-state index < -0.39 is 10.0 Å². The van der Waals surface area contributed by atoms with Crippen LogP contribution in [0.4, 0.5) is 0 Å². The lowest BCUT2D eigenvalue weighted by molar-refractivity contribution is 0.204. The van der Waals surface area contributed by atoms with Crippen molar-refractivity contribution in [3.8, 4) is 0 Å². The van der Waals surface area contributed by atoms with E-state index in [1.54, 1.807) is 4.31 Å². The molecule has 0 aromatic heterocycles. The first-order chi connectivity index (χ1) is 9.87. The number of hydrogen-bond donors (Lipinski definition) is 1. The average molecular weight is 310 g/mol. The molecule has 4 nitrogen and oxygen atoms in total. The fourth-order valence-electron chi connectivity index (χ4n) is 3.22. The average Bonchev–Trinajstić information content (AvgIpc) is 2.40. The molecule has 1 heterocycles. The van der Waals surface area contributed by atoms with Crippen molar-refractivity contribution in [3.63, 3.8) is 0 Å². The van der Waals surface area contributed by atoms with E-state index in [9.17, 15) is 8.42 Å². The van der Waals surface area contributed by atoms with Crippen molar-refractivity contribution in [1.82, 2.24) is 9.62 Å². The third-order valence-electron chi connectivity index (χ3n) is 4.30. The predicted octanol–water partition coefficient (Wildman–Crippen LogP) is 2.67. The second-order valence-electron chi connectivity index (χ2n) is 6.09. The summed E-state index contributed by atoms with van der Waals surface area (Å²) in [5, 5.41) is 3.07. The molecule has 1 fully saturated rings. The molecule has 5 heteroatoms. The van der Waals surface area contributed by atoms with Gasteiger partial charge >= 0.3 is 0 Å². The van der Waals surface area contributed by atoms with Crippen molar-refractivity contribution >= 4 is 10.0 Å². The Hall–Kier alpha value is -0.910. The summed E-state index contributed by atoms with van der Waals surface area (Å²) < 4.78 is 27.9. The molecule has 1 aliphatic heterocycles. The highest BCUT2D eigenvalue weighted by molar-refractivity contribution is 7.89. The van der Waals surface area contributed by atoms with Gasteiger partial charge in [0.2, 0.25) is 10.0 Å². The highest BCUT2D eigenvalue weighted by Gasteiger charge is 2.36. The highest BCUT2D eigenvalue weighted by Crippen LogP contribution is 2.31. The number of nitrogens with zero attached hydrogens (tertiary/aromatic N) is 1. The summed E-state index contributed by atoms with van der Waals surface area (Å²) in [7, 11) is -1.56. The van der Waals surface area contributed by atoms with Gasteiger partial charge in [0.15, 0.2) is 0 Å². The van der Waals surface area contributed by atoms with Gasteiger partial charge < -0.3 is 5.32 Å². The van der Waals surface area contributed by atoms with Gasteiger partial charge in [-0.15, -0.1) is 0 Å². The van der Waals surface area contributed by atoms with Gasteiger partial charge in [0.1, 0.15) is 0 Å². The zero-order valence-electron chi connectivity index (χ0n) is 13.4. The molecule has 2 rings (SSSR count). The Morgan fingerprint density at radius 1 is 1.24 bits per heavy atom. The topological polar surface area (TPSA) is 49.4 Å². The van der Waals surface area contributed by atoms with E-state index in [4.69, 9.17) is 0 Å². The van der Waals surface area contributed by atoms with Crippen molar-refractivity contribution in [2.45, 2.75) is 63.6 Å². The maximum absolute atomic E-state index is 13.1. The van der Waals surface area contributed by atoms with Crippen LogP contribution in [-0.2, 0) is 16.6 Å². The van der Waals surface area contributed by atoms with Crippen LogP contribution in [0.2, 0.25) is 0 Å². The maximum atomic E-state index is 13.1. The molecule has 0 amide bonds. The van der Waals surface area contributed by atoms with Crippen molar-refractivity contribution < 1.29 is 8.42 Å². The number of rotatable bonds is 4. The van der Waals surface area contributed by atoms with E-state index in [0.717, 1.165) is 30.4 Å². The predicted molar refractivity (Wildman–Crippen MR) is 85.7 cm³/mol. The standard InChI is InChI=1S/C16H26N2O2S/c1-12-8-9-15(11-17-4)10-16(12)21(19,20)18-13(2)6-5-7-14(18)3/h8-10,13-14,17H,5-7,11H2,1-4H3. The summed E-state index contributed by atoms with van der Waals surface area (Å²) in [4.78, 5) is 0.454. The summed E-state index contributed by atoms with van der Waals surface area (Å²) in [5.41, 5.74) is 1.82. The lowest BCUT2D eigenvalue weighted by atomic mass is 10.0. The number of benzene rings is 1. The fraction of sp³-hybridized carbons (Fsp3) is 0.625. The monoisotopic (exact) mass is 310 g/mol. The first kappa shape index (κ1) is 16.5. The Bertz CT molecular complexity index is 588. The fourth-order valence-corrected chi connectivity index (χ4v) is 5.38. The SMILES string of the molecule is CNCc1ccc(C)c(S(=O)(=O)N2C(C)CCCC2C)c1. The van der Waals surface area contributed by atoms with Crippen LogP contribution in [0.5, 0.6) is 0 Å². The second-order valence-corrected chi connectivity index (χ2v) is 7.91. The molecule has 21 heavy (non-hydrogen) atoms. The molecule has 2 unspecified atom stereocenters.